The molecule has 0 radical (unpaired) electrons. The SMILES string of the molecule is COc1cc(C(=O)O)c(/N=N/c2ccc(CC(=O)O)cc2)c(OC)c1OC. The second kappa shape index (κ2) is 8.65. The molecule has 0 aliphatic rings. The Labute approximate surface area is 154 Å². The highest BCUT2D eigenvalue weighted by Gasteiger charge is 2.24. The lowest BCUT2D eigenvalue weighted by Crippen LogP contribution is -2.02. The highest BCUT2D eigenvalue weighted by Crippen LogP contribution is 2.47. The van der Waals surface area contributed by atoms with Crippen molar-refractivity contribution in [2.75, 3.05) is 21.3 Å². The number of aliphatic carboxylic acids is 1. The van der Waals surface area contributed by atoms with E-state index in [4.69, 9.17) is 19.3 Å². The summed E-state index contributed by atoms with van der Waals surface area (Å²) >= 11 is 0. The third-order valence-corrected chi connectivity index (χ3v) is 3.59. The fourth-order valence-electron chi connectivity index (χ4n) is 2.37. The second-order valence-corrected chi connectivity index (χ2v) is 5.28. The van der Waals surface area contributed by atoms with Crippen LogP contribution in [0.3, 0.4) is 0 Å². The van der Waals surface area contributed by atoms with Gasteiger partial charge in [0, 0.05) is 6.07 Å². The lowest BCUT2D eigenvalue weighted by molar-refractivity contribution is -0.136. The van der Waals surface area contributed by atoms with Gasteiger partial charge < -0.3 is 24.4 Å². The van der Waals surface area contributed by atoms with Gasteiger partial charge in [0.25, 0.3) is 0 Å². The zero-order valence-corrected chi connectivity index (χ0v) is 14.9. The molecular weight excluding hydrogens is 356 g/mol. The van der Waals surface area contributed by atoms with E-state index in [-0.39, 0.29) is 34.9 Å². The van der Waals surface area contributed by atoms with Gasteiger partial charge in [-0.3, -0.25) is 4.79 Å². The molecule has 0 atom stereocenters. The Hall–Kier alpha value is -3.62. The van der Waals surface area contributed by atoms with Gasteiger partial charge in [-0.1, -0.05) is 12.1 Å². The molecule has 0 saturated carbocycles. The van der Waals surface area contributed by atoms with Crippen molar-refractivity contribution in [1.29, 1.82) is 0 Å². The van der Waals surface area contributed by atoms with Crippen LogP contribution in [0.2, 0.25) is 0 Å². The molecule has 0 saturated heterocycles. The first-order valence-corrected chi connectivity index (χ1v) is 7.70. The number of methoxy groups -OCH3 is 3. The summed E-state index contributed by atoms with van der Waals surface area (Å²) in [7, 11) is 4.12. The number of carboxylic acids is 2. The number of hydrogen-bond acceptors (Lipinski definition) is 7. The van der Waals surface area contributed by atoms with E-state index in [2.05, 4.69) is 10.2 Å². The largest absolute Gasteiger partial charge is 0.493 e. The molecule has 0 heterocycles. The van der Waals surface area contributed by atoms with E-state index in [1.807, 2.05) is 0 Å². The van der Waals surface area contributed by atoms with Crippen LogP contribution in [0.15, 0.2) is 40.6 Å². The fourth-order valence-corrected chi connectivity index (χ4v) is 2.37. The van der Waals surface area contributed by atoms with E-state index in [1.165, 1.54) is 27.4 Å². The summed E-state index contributed by atoms with van der Waals surface area (Å²) in [6, 6.07) is 7.64. The third-order valence-electron chi connectivity index (χ3n) is 3.59. The van der Waals surface area contributed by atoms with Crippen LogP contribution in [-0.2, 0) is 11.2 Å². The minimum Gasteiger partial charge on any atom is -0.493 e. The summed E-state index contributed by atoms with van der Waals surface area (Å²) in [5, 5.41) is 26.3. The van der Waals surface area contributed by atoms with Crippen LogP contribution in [0.4, 0.5) is 11.4 Å². The average molecular weight is 374 g/mol. The predicted octanol–water partition coefficient (Wildman–Crippen LogP) is 3.45. The van der Waals surface area contributed by atoms with Crippen LogP contribution in [0.5, 0.6) is 17.2 Å². The minimum atomic E-state index is -1.24. The molecule has 0 fully saturated rings. The normalized spacial score (nSPS) is 10.6. The number of carboxylic acid groups (broad SMARTS) is 2. The lowest BCUT2D eigenvalue weighted by atomic mass is 10.1. The predicted molar refractivity (Wildman–Crippen MR) is 95.0 cm³/mol. The van der Waals surface area contributed by atoms with E-state index < -0.39 is 11.9 Å². The summed E-state index contributed by atoms with van der Waals surface area (Å²) in [6.07, 6.45) is -0.107. The lowest BCUT2D eigenvalue weighted by Gasteiger charge is -2.15. The summed E-state index contributed by atoms with van der Waals surface area (Å²) in [6.45, 7) is 0. The Balaban J connectivity index is 2.48. The summed E-state index contributed by atoms with van der Waals surface area (Å²) in [5.41, 5.74) is 0.821. The Bertz CT molecular complexity index is 876. The standard InChI is InChI=1S/C18H18N2O7/c1-25-13-9-12(18(23)24)15(17(27-3)16(13)26-2)20-19-11-6-4-10(5-7-11)8-14(21)22/h4-7,9H,8H2,1-3H3,(H,21,22)(H,23,24)/b20-19+. The second-order valence-electron chi connectivity index (χ2n) is 5.28. The molecule has 142 valence electrons. The van der Waals surface area contributed by atoms with E-state index in [9.17, 15) is 14.7 Å². The maximum Gasteiger partial charge on any atom is 0.338 e. The van der Waals surface area contributed by atoms with E-state index in [1.54, 1.807) is 24.3 Å². The highest BCUT2D eigenvalue weighted by molar-refractivity contribution is 5.97. The van der Waals surface area contributed by atoms with Gasteiger partial charge in [-0.05, 0) is 17.7 Å². The van der Waals surface area contributed by atoms with Gasteiger partial charge in [0.15, 0.2) is 11.5 Å². The van der Waals surface area contributed by atoms with Crippen LogP contribution in [0, 0.1) is 0 Å². The molecule has 0 aromatic heterocycles. The molecule has 2 N–H and O–H groups in total. The van der Waals surface area contributed by atoms with Crippen LogP contribution < -0.4 is 14.2 Å². The molecule has 0 spiro atoms. The van der Waals surface area contributed by atoms with Gasteiger partial charge in [-0.15, -0.1) is 5.11 Å². The summed E-state index contributed by atoms with van der Waals surface area (Å²) in [4.78, 5) is 22.3. The zero-order valence-electron chi connectivity index (χ0n) is 14.9. The van der Waals surface area contributed by atoms with Crippen molar-refractivity contribution in [2.24, 2.45) is 10.2 Å². The molecule has 2 aromatic rings. The number of ether oxygens (including phenoxy) is 3. The molecule has 2 aromatic carbocycles. The number of rotatable bonds is 8. The van der Waals surface area contributed by atoms with Gasteiger partial charge >= 0.3 is 11.9 Å². The number of benzene rings is 2. The van der Waals surface area contributed by atoms with Crippen molar-refractivity contribution < 1.29 is 34.0 Å². The molecule has 9 nitrogen and oxygen atoms in total. The Morgan fingerprint density at radius 2 is 1.56 bits per heavy atom. The number of azo groups is 1. The van der Waals surface area contributed by atoms with Crippen molar-refractivity contribution in [3.05, 3.63) is 41.5 Å². The molecule has 0 amide bonds. The highest BCUT2D eigenvalue weighted by atomic mass is 16.5. The number of aromatic carboxylic acids is 1. The molecular formula is C18H18N2O7. The fraction of sp³-hybridized carbons (Fsp3) is 0.222. The Kier molecular flexibility index (Phi) is 6.32. The maximum absolute atomic E-state index is 11.6. The molecule has 0 unspecified atom stereocenters. The molecule has 2 rings (SSSR count). The quantitative estimate of drug-likeness (QED) is 0.677. The number of nitrogens with zero attached hydrogens (tertiary/aromatic N) is 2. The van der Waals surface area contributed by atoms with E-state index >= 15 is 0 Å². The van der Waals surface area contributed by atoms with Crippen molar-refractivity contribution in [2.45, 2.75) is 6.42 Å². The van der Waals surface area contributed by atoms with Crippen LogP contribution in [0.1, 0.15) is 15.9 Å². The Morgan fingerprint density at radius 3 is 2.04 bits per heavy atom. The summed E-state index contributed by atoms with van der Waals surface area (Å²) in [5.74, 6) is -1.73. The molecule has 0 aliphatic carbocycles. The first kappa shape index (κ1) is 19.7. The number of hydrogen-bond donors (Lipinski definition) is 2. The topological polar surface area (TPSA) is 127 Å². The van der Waals surface area contributed by atoms with Gasteiger partial charge in [-0.2, -0.15) is 5.11 Å². The monoisotopic (exact) mass is 374 g/mol. The zero-order chi connectivity index (χ0) is 20.0. The average Bonchev–Trinajstić information content (AvgIpc) is 2.65. The van der Waals surface area contributed by atoms with Crippen molar-refractivity contribution in [3.63, 3.8) is 0 Å². The smallest absolute Gasteiger partial charge is 0.338 e. The van der Waals surface area contributed by atoms with Crippen LogP contribution in [0.25, 0.3) is 0 Å². The third kappa shape index (κ3) is 4.51. The Morgan fingerprint density at radius 1 is 0.926 bits per heavy atom. The van der Waals surface area contributed by atoms with Gasteiger partial charge in [0.1, 0.15) is 5.69 Å². The maximum atomic E-state index is 11.6. The first-order valence-electron chi connectivity index (χ1n) is 7.70. The molecule has 27 heavy (non-hydrogen) atoms. The van der Waals surface area contributed by atoms with Gasteiger partial charge in [0.05, 0.1) is 39.0 Å². The van der Waals surface area contributed by atoms with Crippen molar-refractivity contribution >= 4 is 23.3 Å². The molecule has 9 heteroatoms. The minimum absolute atomic E-state index is 0.0303. The number of carbonyl (C=O) groups is 2. The van der Waals surface area contributed by atoms with Crippen LogP contribution >= 0.6 is 0 Å². The van der Waals surface area contributed by atoms with Crippen molar-refractivity contribution in [3.8, 4) is 17.2 Å². The van der Waals surface area contributed by atoms with E-state index in [0.717, 1.165) is 0 Å². The molecule has 0 aliphatic heterocycles. The van der Waals surface area contributed by atoms with Crippen LogP contribution in [-0.4, -0.2) is 43.5 Å². The summed E-state index contributed by atoms with van der Waals surface area (Å²) < 4.78 is 15.6. The van der Waals surface area contributed by atoms with Gasteiger partial charge in [0.2, 0.25) is 5.75 Å². The molecule has 0 bridgehead atoms. The van der Waals surface area contributed by atoms with E-state index in [0.29, 0.717) is 11.3 Å². The van der Waals surface area contributed by atoms with Crippen molar-refractivity contribution in [1.82, 2.24) is 0 Å². The first-order chi connectivity index (χ1) is 12.9. The van der Waals surface area contributed by atoms with Gasteiger partial charge in [-0.25, -0.2) is 4.79 Å².